The molecule has 114 valence electrons. The summed E-state index contributed by atoms with van der Waals surface area (Å²) >= 11 is 0. The molecule has 1 unspecified atom stereocenters. The molecule has 0 aromatic heterocycles. The Morgan fingerprint density at radius 2 is 1.80 bits per heavy atom. The van der Waals surface area contributed by atoms with Crippen molar-refractivity contribution in [3.8, 4) is 0 Å². The van der Waals surface area contributed by atoms with Crippen molar-refractivity contribution in [2.24, 2.45) is 5.41 Å². The molecule has 0 heterocycles. The molecule has 2 N–H and O–H groups in total. The molecule has 0 saturated heterocycles. The zero-order valence-corrected chi connectivity index (χ0v) is 12.4. The molecule has 1 atom stereocenters. The van der Waals surface area contributed by atoms with Crippen LogP contribution in [0.2, 0.25) is 0 Å². The minimum absolute atomic E-state index is 0.0658. The van der Waals surface area contributed by atoms with E-state index in [1.165, 1.54) is 18.2 Å². The number of aliphatic hydroxyl groups excluding tert-OH is 1. The molecule has 0 bridgehead atoms. The highest BCUT2D eigenvalue weighted by atomic mass is 32.2. The normalized spacial score (nSPS) is 14.3. The van der Waals surface area contributed by atoms with E-state index in [2.05, 4.69) is 5.32 Å². The number of hydrogen-bond donors (Lipinski definition) is 2. The fourth-order valence-electron chi connectivity index (χ4n) is 1.47. The summed E-state index contributed by atoms with van der Waals surface area (Å²) in [6, 6.07) is 5.43. The topological polar surface area (TPSA) is 66.4 Å². The maximum absolute atomic E-state index is 12.6. The highest BCUT2D eigenvalue weighted by Crippen LogP contribution is 2.27. The quantitative estimate of drug-likeness (QED) is 0.877. The van der Waals surface area contributed by atoms with Crippen LogP contribution in [0.3, 0.4) is 0 Å². The van der Waals surface area contributed by atoms with Crippen LogP contribution in [0, 0.1) is 5.41 Å². The van der Waals surface area contributed by atoms with Gasteiger partial charge in [-0.1, -0.05) is 32.9 Å². The number of alkyl halides is 2. The summed E-state index contributed by atoms with van der Waals surface area (Å²) in [6.07, 6.45) is -0.746. The molecule has 1 aromatic rings. The molecule has 20 heavy (non-hydrogen) atoms. The van der Waals surface area contributed by atoms with Crippen molar-refractivity contribution in [1.29, 1.82) is 0 Å². The molecule has 0 spiro atoms. The van der Waals surface area contributed by atoms with Crippen LogP contribution in [0.25, 0.3) is 0 Å². The third kappa shape index (κ3) is 3.89. The lowest BCUT2D eigenvalue weighted by molar-refractivity contribution is 0.0745. The molecule has 0 amide bonds. The first-order valence-corrected chi connectivity index (χ1v) is 7.64. The lowest BCUT2D eigenvalue weighted by Crippen LogP contribution is -2.33. The smallest absolute Gasteiger partial charge is 0.341 e. The zero-order valence-electron chi connectivity index (χ0n) is 11.6. The predicted molar refractivity (Wildman–Crippen MR) is 73.6 cm³/mol. The van der Waals surface area contributed by atoms with E-state index >= 15 is 0 Å². The van der Waals surface area contributed by atoms with E-state index in [9.17, 15) is 22.3 Å². The van der Waals surface area contributed by atoms with Crippen LogP contribution >= 0.6 is 0 Å². The van der Waals surface area contributed by atoms with Crippen LogP contribution in [0.5, 0.6) is 0 Å². The lowest BCUT2D eigenvalue weighted by Gasteiger charge is -2.26. The number of sulfone groups is 1. The van der Waals surface area contributed by atoms with Crippen molar-refractivity contribution >= 4 is 15.5 Å². The van der Waals surface area contributed by atoms with Crippen LogP contribution in [0.1, 0.15) is 20.8 Å². The Morgan fingerprint density at radius 3 is 2.30 bits per heavy atom. The highest BCUT2D eigenvalue weighted by Gasteiger charge is 2.29. The number of nitrogens with one attached hydrogen (secondary N) is 1. The van der Waals surface area contributed by atoms with Crippen LogP contribution in [0.4, 0.5) is 14.5 Å². The molecular weight excluding hydrogens is 288 g/mol. The number of para-hydroxylation sites is 1. The molecule has 0 saturated carbocycles. The molecule has 0 aliphatic carbocycles. The van der Waals surface area contributed by atoms with Crippen molar-refractivity contribution in [2.45, 2.75) is 37.5 Å². The summed E-state index contributed by atoms with van der Waals surface area (Å²) in [5.41, 5.74) is -0.333. The number of rotatable bonds is 5. The summed E-state index contributed by atoms with van der Waals surface area (Å²) in [6.45, 7) is 5.53. The Morgan fingerprint density at radius 1 is 1.25 bits per heavy atom. The van der Waals surface area contributed by atoms with Gasteiger partial charge < -0.3 is 10.4 Å². The SMILES string of the molecule is CC(C)(C)C(O)CNc1ccccc1S(=O)(=O)C(F)F. The average Bonchev–Trinajstić information content (AvgIpc) is 2.34. The summed E-state index contributed by atoms with van der Waals surface area (Å²) in [5.74, 6) is -3.47. The van der Waals surface area contributed by atoms with Gasteiger partial charge in [-0.15, -0.1) is 0 Å². The van der Waals surface area contributed by atoms with Gasteiger partial charge in [0.1, 0.15) is 0 Å². The zero-order chi connectivity index (χ0) is 15.6. The van der Waals surface area contributed by atoms with Gasteiger partial charge in [0.15, 0.2) is 0 Å². The first kappa shape index (κ1) is 16.8. The minimum Gasteiger partial charge on any atom is -0.391 e. The summed E-state index contributed by atoms with van der Waals surface area (Å²) in [7, 11) is -4.67. The van der Waals surface area contributed by atoms with Gasteiger partial charge in [-0.05, 0) is 17.5 Å². The summed E-state index contributed by atoms with van der Waals surface area (Å²) in [5, 5.41) is 12.6. The molecular formula is C13H19F2NO3S. The predicted octanol–water partition coefficient (Wildman–Crippen LogP) is 2.50. The monoisotopic (exact) mass is 307 g/mol. The fraction of sp³-hybridized carbons (Fsp3) is 0.538. The van der Waals surface area contributed by atoms with Gasteiger partial charge in [0.2, 0.25) is 9.84 Å². The van der Waals surface area contributed by atoms with Gasteiger partial charge in [0.25, 0.3) is 0 Å². The van der Waals surface area contributed by atoms with Crippen molar-refractivity contribution < 1.29 is 22.3 Å². The molecule has 0 fully saturated rings. The number of anilines is 1. The second-order valence-corrected chi connectivity index (χ2v) is 7.45. The van der Waals surface area contributed by atoms with Gasteiger partial charge in [-0.2, -0.15) is 8.78 Å². The third-order valence-electron chi connectivity index (χ3n) is 2.91. The van der Waals surface area contributed by atoms with Gasteiger partial charge in [0.05, 0.1) is 16.7 Å². The molecule has 0 aliphatic rings. The van der Waals surface area contributed by atoms with Crippen molar-refractivity contribution in [3.63, 3.8) is 0 Å². The molecule has 7 heteroatoms. The van der Waals surface area contributed by atoms with Gasteiger partial charge in [-0.3, -0.25) is 0 Å². The summed E-state index contributed by atoms with van der Waals surface area (Å²) < 4.78 is 48.3. The standard InChI is InChI=1S/C13H19F2NO3S/c1-13(2,3)11(17)8-16-9-6-4-5-7-10(9)20(18,19)12(14)15/h4-7,11-12,16-17H,8H2,1-3H3. The van der Waals surface area contributed by atoms with E-state index in [-0.39, 0.29) is 12.2 Å². The first-order valence-electron chi connectivity index (χ1n) is 6.10. The van der Waals surface area contributed by atoms with Crippen LogP contribution < -0.4 is 5.32 Å². The Labute approximate surface area is 117 Å². The van der Waals surface area contributed by atoms with Crippen molar-refractivity contribution in [2.75, 3.05) is 11.9 Å². The van der Waals surface area contributed by atoms with E-state index < -0.39 is 32.0 Å². The minimum atomic E-state index is -4.67. The van der Waals surface area contributed by atoms with Crippen LogP contribution in [0.15, 0.2) is 29.2 Å². The van der Waals surface area contributed by atoms with Crippen LogP contribution in [-0.4, -0.2) is 31.9 Å². The lowest BCUT2D eigenvalue weighted by atomic mass is 9.89. The Hall–Kier alpha value is -1.21. The van der Waals surface area contributed by atoms with Gasteiger partial charge >= 0.3 is 5.76 Å². The molecule has 1 rings (SSSR count). The van der Waals surface area contributed by atoms with Crippen molar-refractivity contribution in [1.82, 2.24) is 0 Å². The Bertz CT molecular complexity index is 553. The van der Waals surface area contributed by atoms with E-state index in [4.69, 9.17) is 0 Å². The molecule has 0 radical (unpaired) electrons. The Balaban J connectivity index is 2.99. The maximum atomic E-state index is 12.6. The molecule has 0 aliphatic heterocycles. The molecule has 1 aromatic carbocycles. The Kier molecular flexibility index (Phi) is 5.10. The van der Waals surface area contributed by atoms with E-state index in [1.807, 2.05) is 20.8 Å². The van der Waals surface area contributed by atoms with E-state index in [1.54, 1.807) is 0 Å². The molecule has 4 nitrogen and oxygen atoms in total. The van der Waals surface area contributed by atoms with Gasteiger partial charge in [0, 0.05) is 6.54 Å². The second kappa shape index (κ2) is 6.05. The fourth-order valence-corrected chi connectivity index (χ4v) is 2.38. The second-order valence-electron chi connectivity index (χ2n) is 5.56. The van der Waals surface area contributed by atoms with Crippen molar-refractivity contribution in [3.05, 3.63) is 24.3 Å². The average molecular weight is 307 g/mol. The van der Waals surface area contributed by atoms with Crippen LogP contribution in [-0.2, 0) is 9.84 Å². The number of halogens is 2. The van der Waals surface area contributed by atoms with E-state index in [0.29, 0.717) is 0 Å². The van der Waals surface area contributed by atoms with Gasteiger partial charge in [-0.25, -0.2) is 8.42 Å². The largest absolute Gasteiger partial charge is 0.391 e. The third-order valence-corrected chi connectivity index (χ3v) is 4.35. The first-order chi connectivity index (χ1) is 9.06. The number of hydrogen-bond acceptors (Lipinski definition) is 4. The number of benzene rings is 1. The maximum Gasteiger partial charge on any atom is 0.341 e. The van der Waals surface area contributed by atoms with E-state index in [0.717, 1.165) is 6.07 Å². The summed E-state index contributed by atoms with van der Waals surface area (Å²) in [4.78, 5) is -0.462. The highest BCUT2D eigenvalue weighted by molar-refractivity contribution is 7.91. The number of aliphatic hydroxyl groups is 1.